The van der Waals surface area contributed by atoms with Gasteiger partial charge in [-0.25, -0.2) is 4.98 Å². The molecule has 17 heavy (non-hydrogen) atoms. The van der Waals surface area contributed by atoms with Crippen molar-refractivity contribution in [2.24, 2.45) is 11.8 Å². The maximum atomic E-state index is 11.4. The molecular formula is C12H18BrN3O. The molecule has 1 saturated carbocycles. The van der Waals surface area contributed by atoms with E-state index in [4.69, 9.17) is 0 Å². The molecule has 5 heteroatoms. The van der Waals surface area contributed by atoms with E-state index in [1.807, 2.05) is 0 Å². The standard InChI is InChI=1S/C12H18BrN3O/c1-3-8-4-5-9(7(8)2)16-11-10(13)12(17)15-6-14-11/h6-9H,3-5H2,1-2H3,(H2,14,15,16,17). The van der Waals surface area contributed by atoms with Crippen molar-refractivity contribution < 1.29 is 0 Å². The molecule has 0 amide bonds. The highest BCUT2D eigenvalue weighted by atomic mass is 79.9. The van der Waals surface area contributed by atoms with Crippen molar-refractivity contribution in [2.45, 2.75) is 39.2 Å². The molecule has 1 aliphatic carbocycles. The van der Waals surface area contributed by atoms with E-state index in [1.165, 1.54) is 19.2 Å². The third-order valence-electron chi connectivity index (χ3n) is 3.87. The number of nitrogens with zero attached hydrogens (tertiary/aromatic N) is 1. The molecule has 2 rings (SSSR count). The topological polar surface area (TPSA) is 57.8 Å². The number of hydrogen-bond acceptors (Lipinski definition) is 3. The largest absolute Gasteiger partial charge is 0.366 e. The average molecular weight is 300 g/mol. The van der Waals surface area contributed by atoms with E-state index in [1.54, 1.807) is 0 Å². The summed E-state index contributed by atoms with van der Waals surface area (Å²) in [6.45, 7) is 4.52. The van der Waals surface area contributed by atoms with Crippen molar-refractivity contribution in [1.82, 2.24) is 9.97 Å². The Bertz CT molecular complexity index is 446. The van der Waals surface area contributed by atoms with Crippen LogP contribution in [-0.2, 0) is 0 Å². The summed E-state index contributed by atoms with van der Waals surface area (Å²) in [4.78, 5) is 18.2. The maximum Gasteiger partial charge on any atom is 0.267 e. The van der Waals surface area contributed by atoms with E-state index in [2.05, 4.69) is 45.1 Å². The number of anilines is 1. The van der Waals surface area contributed by atoms with Crippen LogP contribution in [0, 0.1) is 11.8 Å². The molecule has 1 aromatic rings. The molecule has 0 radical (unpaired) electrons. The molecule has 1 fully saturated rings. The number of hydrogen-bond donors (Lipinski definition) is 2. The van der Waals surface area contributed by atoms with Crippen LogP contribution < -0.4 is 10.9 Å². The van der Waals surface area contributed by atoms with Crippen LogP contribution in [0.4, 0.5) is 5.82 Å². The number of H-pyrrole nitrogens is 1. The van der Waals surface area contributed by atoms with Gasteiger partial charge >= 0.3 is 0 Å². The Labute approximate surface area is 109 Å². The quantitative estimate of drug-likeness (QED) is 0.902. The lowest BCUT2D eigenvalue weighted by Gasteiger charge is -2.21. The van der Waals surface area contributed by atoms with Crippen LogP contribution in [0.5, 0.6) is 0 Å². The molecule has 1 aromatic heterocycles. The second kappa shape index (κ2) is 5.21. The van der Waals surface area contributed by atoms with Crippen molar-refractivity contribution in [1.29, 1.82) is 0 Å². The van der Waals surface area contributed by atoms with Crippen LogP contribution in [0.3, 0.4) is 0 Å². The van der Waals surface area contributed by atoms with Crippen molar-refractivity contribution in [3.05, 3.63) is 21.2 Å². The molecule has 2 N–H and O–H groups in total. The van der Waals surface area contributed by atoms with Gasteiger partial charge in [-0.05, 0) is 40.6 Å². The second-order valence-corrected chi connectivity index (χ2v) is 5.54. The van der Waals surface area contributed by atoms with Gasteiger partial charge in [0.25, 0.3) is 5.56 Å². The summed E-state index contributed by atoms with van der Waals surface area (Å²) in [5.41, 5.74) is -0.139. The Kier molecular flexibility index (Phi) is 3.86. The van der Waals surface area contributed by atoms with E-state index in [0.717, 1.165) is 12.3 Å². The molecule has 0 bridgehead atoms. The fourth-order valence-corrected chi connectivity index (χ4v) is 3.02. The summed E-state index contributed by atoms with van der Waals surface area (Å²) in [6.07, 6.45) is 5.08. The van der Waals surface area contributed by atoms with Crippen molar-refractivity contribution >= 4 is 21.7 Å². The first-order valence-electron chi connectivity index (χ1n) is 6.13. The van der Waals surface area contributed by atoms with Gasteiger partial charge < -0.3 is 10.3 Å². The van der Waals surface area contributed by atoms with Crippen LogP contribution in [0.25, 0.3) is 0 Å². The van der Waals surface area contributed by atoms with Crippen molar-refractivity contribution in [3.8, 4) is 0 Å². The molecule has 94 valence electrons. The fourth-order valence-electron chi connectivity index (χ4n) is 2.69. The number of aromatic nitrogens is 2. The predicted octanol–water partition coefficient (Wildman–Crippen LogP) is 2.77. The summed E-state index contributed by atoms with van der Waals surface area (Å²) in [5.74, 6) is 2.07. The first kappa shape index (κ1) is 12.6. The monoisotopic (exact) mass is 299 g/mol. The average Bonchev–Trinajstić information content (AvgIpc) is 2.66. The molecule has 3 atom stereocenters. The zero-order valence-corrected chi connectivity index (χ0v) is 11.8. The van der Waals surface area contributed by atoms with Crippen molar-refractivity contribution in [3.63, 3.8) is 0 Å². The van der Waals surface area contributed by atoms with E-state index in [0.29, 0.717) is 22.3 Å². The maximum absolute atomic E-state index is 11.4. The highest BCUT2D eigenvalue weighted by Crippen LogP contribution is 2.35. The first-order chi connectivity index (χ1) is 8.13. The Hall–Kier alpha value is -0.840. The van der Waals surface area contributed by atoms with Crippen LogP contribution in [-0.4, -0.2) is 16.0 Å². The highest BCUT2D eigenvalue weighted by molar-refractivity contribution is 9.10. The Morgan fingerprint density at radius 3 is 3.00 bits per heavy atom. The van der Waals surface area contributed by atoms with Gasteiger partial charge in [-0.1, -0.05) is 20.3 Å². The lowest BCUT2D eigenvalue weighted by molar-refractivity contribution is 0.391. The summed E-state index contributed by atoms with van der Waals surface area (Å²) < 4.78 is 0.493. The van der Waals surface area contributed by atoms with Gasteiger partial charge in [0.1, 0.15) is 10.3 Å². The molecule has 0 aromatic carbocycles. The van der Waals surface area contributed by atoms with Gasteiger partial charge in [0.15, 0.2) is 0 Å². The smallest absolute Gasteiger partial charge is 0.267 e. The summed E-state index contributed by atoms with van der Waals surface area (Å²) in [6, 6.07) is 0.422. The van der Waals surface area contributed by atoms with E-state index >= 15 is 0 Å². The lowest BCUT2D eigenvalue weighted by atomic mass is 9.93. The SMILES string of the molecule is CCC1CCC(Nc2nc[nH]c(=O)c2Br)C1C. The molecule has 0 saturated heterocycles. The van der Waals surface area contributed by atoms with Crippen LogP contribution >= 0.6 is 15.9 Å². The highest BCUT2D eigenvalue weighted by Gasteiger charge is 2.31. The normalized spacial score (nSPS) is 28.3. The summed E-state index contributed by atoms with van der Waals surface area (Å²) in [5, 5.41) is 3.39. The molecule has 0 spiro atoms. The van der Waals surface area contributed by atoms with E-state index < -0.39 is 0 Å². The van der Waals surface area contributed by atoms with Gasteiger partial charge in [0, 0.05) is 6.04 Å². The minimum atomic E-state index is -0.139. The van der Waals surface area contributed by atoms with Crippen LogP contribution in [0.2, 0.25) is 0 Å². The van der Waals surface area contributed by atoms with Gasteiger partial charge in [-0.3, -0.25) is 4.79 Å². The Morgan fingerprint density at radius 2 is 2.35 bits per heavy atom. The fraction of sp³-hybridized carbons (Fsp3) is 0.667. The van der Waals surface area contributed by atoms with Crippen LogP contribution in [0.15, 0.2) is 15.6 Å². The minimum absolute atomic E-state index is 0.139. The summed E-state index contributed by atoms with van der Waals surface area (Å²) >= 11 is 3.27. The molecule has 3 unspecified atom stereocenters. The lowest BCUT2D eigenvalue weighted by Crippen LogP contribution is -2.26. The van der Waals surface area contributed by atoms with E-state index in [9.17, 15) is 4.79 Å². The van der Waals surface area contributed by atoms with Gasteiger partial charge in [0.2, 0.25) is 0 Å². The number of halogens is 1. The molecule has 0 aliphatic heterocycles. The minimum Gasteiger partial charge on any atom is -0.366 e. The van der Waals surface area contributed by atoms with Crippen molar-refractivity contribution in [2.75, 3.05) is 5.32 Å². The zero-order valence-electron chi connectivity index (χ0n) is 10.2. The molecule has 1 heterocycles. The van der Waals surface area contributed by atoms with Gasteiger partial charge in [0.05, 0.1) is 6.33 Å². The number of rotatable bonds is 3. The predicted molar refractivity (Wildman–Crippen MR) is 72.1 cm³/mol. The number of aromatic amines is 1. The summed E-state index contributed by atoms with van der Waals surface area (Å²) in [7, 11) is 0. The third-order valence-corrected chi connectivity index (χ3v) is 4.61. The number of nitrogens with one attached hydrogen (secondary N) is 2. The molecule has 4 nitrogen and oxygen atoms in total. The van der Waals surface area contributed by atoms with Gasteiger partial charge in [-0.2, -0.15) is 0 Å². The zero-order chi connectivity index (χ0) is 12.4. The third kappa shape index (κ3) is 2.54. The Balaban J connectivity index is 2.12. The van der Waals surface area contributed by atoms with E-state index in [-0.39, 0.29) is 5.56 Å². The van der Waals surface area contributed by atoms with Gasteiger partial charge in [-0.15, -0.1) is 0 Å². The van der Waals surface area contributed by atoms with Crippen LogP contribution in [0.1, 0.15) is 33.1 Å². The second-order valence-electron chi connectivity index (χ2n) is 4.75. The molecule has 1 aliphatic rings. The Morgan fingerprint density at radius 1 is 1.59 bits per heavy atom. The molecular weight excluding hydrogens is 282 g/mol. The first-order valence-corrected chi connectivity index (χ1v) is 6.92.